The molecule has 0 fully saturated rings. The largest absolute Gasteiger partial charge is 0.476 e. The van der Waals surface area contributed by atoms with Crippen molar-refractivity contribution in [3.05, 3.63) is 40.0 Å². The Balaban J connectivity index is 2.41. The molecule has 0 aliphatic carbocycles. The third kappa shape index (κ3) is 3.13. The van der Waals surface area contributed by atoms with E-state index >= 15 is 0 Å². The number of carboxylic acid groups (broad SMARTS) is 1. The van der Waals surface area contributed by atoms with Crippen LogP contribution in [-0.2, 0) is 10.0 Å². The number of carboxylic acids is 1. The van der Waals surface area contributed by atoms with Crippen molar-refractivity contribution in [2.75, 3.05) is 4.72 Å². The first-order chi connectivity index (χ1) is 9.85. The molecule has 0 amide bonds. The molecule has 1 heterocycles. The molecule has 0 spiro atoms. The van der Waals surface area contributed by atoms with Gasteiger partial charge in [-0.25, -0.2) is 18.2 Å². The molecule has 0 aliphatic heterocycles. The summed E-state index contributed by atoms with van der Waals surface area (Å²) in [5, 5.41) is 17.9. The molecule has 0 saturated heterocycles. The number of sulfonamides is 1. The van der Waals surface area contributed by atoms with Crippen molar-refractivity contribution in [3.63, 3.8) is 0 Å². The van der Waals surface area contributed by atoms with Crippen molar-refractivity contribution < 1.29 is 18.3 Å². The van der Waals surface area contributed by atoms with Gasteiger partial charge in [-0.1, -0.05) is 11.6 Å². The summed E-state index contributed by atoms with van der Waals surface area (Å²) in [5.74, 6) is -1.44. The molecule has 1 aromatic heterocycles. The number of nitriles is 1. The van der Waals surface area contributed by atoms with Crippen LogP contribution in [0.2, 0.25) is 5.02 Å². The zero-order valence-electron chi connectivity index (χ0n) is 10.1. The highest BCUT2D eigenvalue weighted by atomic mass is 35.5. The standard InChI is InChI=1S/C11H6ClN3O4S2/c12-8-2-1-7(3-6(8)4-13)15-21(18,19)11-9(10(16)17)14-5-20-11/h1-3,5,15H,(H,16,17). The lowest BCUT2D eigenvalue weighted by molar-refractivity contribution is 0.0687. The molecule has 0 saturated carbocycles. The molecule has 7 nitrogen and oxygen atoms in total. The second-order valence-electron chi connectivity index (χ2n) is 3.71. The van der Waals surface area contributed by atoms with Gasteiger partial charge >= 0.3 is 5.97 Å². The maximum absolute atomic E-state index is 12.2. The van der Waals surface area contributed by atoms with Crippen LogP contribution in [0.3, 0.4) is 0 Å². The number of halogens is 1. The smallest absolute Gasteiger partial charge is 0.356 e. The quantitative estimate of drug-likeness (QED) is 0.877. The van der Waals surface area contributed by atoms with Gasteiger partial charge in [0.2, 0.25) is 0 Å². The van der Waals surface area contributed by atoms with Gasteiger partial charge in [-0.05, 0) is 18.2 Å². The predicted octanol–water partition coefficient (Wildman–Crippen LogP) is 2.17. The second kappa shape index (κ2) is 5.69. The molecule has 108 valence electrons. The maximum atomic E-state index is 12.2. The SMILES string of the molecule is N#Cc1cc(NS(=O)(=O)c2scnc2C(=O)O)ccc1Cl. The fourth-order valence-electron chi connectivity index (χ4n) is 1.44. The van der Waals surface area contributed by atoms with Crippen LogP contribution in [0.5, 0.6) is 0 Å². The third-order valence-corrected chi connectivity index (χ3v) is 5.40. The number of nitrogens with zero attached hydrogens (tertiary/aromatic N) is 2. The number of nitrogens with one attached hydrogen (secondary N) is 1. The van der Waals surface area contributed by atoms with Gasteiger partial charge in [-0.2, -0.15) is 5.26 Å². The van der Waals surface area contributed by atoms with Crippen LogP contribution in [0.4, 0.5) is 5.69 Å². The minimum absolute atomic E-state index is 0.0969. The molecule has 0 aliphatic rings. The van der Waals surface area contributed by atoms with Crippen LogP contribution < -0.4 is 4.72 Å². The molecule has 0 radical (unpaired) electrons. The number of hydrogen-bond donors (Lipinski definition) is 2. The van der Waals surface area contributed by atoms with Gasteiger partial charge in [-0.15, -0.1) is 11.3 Å². The average molecular weight is 344 g/mol. The van der Waals surface area contributed by atoms with E-state index in [4.69, 9.17) is 22.0 Å². The van der Waals surface area contributed by atoms with Gasteiger partial charge in [-0.3, -0.25) is 4.72 Å². The highest BCUT2D eigenvalue weighted by molar-refractivity contribution is 7.94. The number of hydrogen-bond acceptors (Lipinski definition) is 6. The van der Waals surface area contributed by atoms with Crippen LogP contribution >= 0.6 is 22.9 Å². The van der Waals surface area contributed by atoms with Crippen molar-refractivity contribution in [2.24, 2.45) is 0 Å². The third-order valence-electron chi connectivity index (χ3n) is 2.32. The van der Waals surface area contributed by atoms with Crippen LogP contribution in [0.15, 0.2) is 27.9 Å². The Morgan fingerprint density at radius 1 is 1.48 bits per heavy atom. The summed E-state index contributed by atoms with van der Waals surface area (Å²) >= 11 is 6.43. The maximum Gasteiger partial charge on any atom is 0.356 e. The second-order valence-corrected chi connectivity index (χ2v) is 6.85. The lowest BCUT2D eigenvalue weighted by atomic mass is 10.2. The molecule has 2 aromatic rings. The van der Waals surface area contributed by atoms with Gasteiger partial charge in [0.25, 0.3) is 10.0 Å². The number of aromatic carboxylic acids is 1. The van der Waals surface area contributed by atoms with E-state index in [1.807, 2.05) is 6.07 Å². The Bertz CT molecular complexity index is 855. The van der Waals surface area contributed by atoms with E-state index in [0.29, 0.717) is 11.3 Å². The van der Waals surface area contributed by atoms with Crippen molar-refractivity contribution in [2.45, 2.75) is 4.21 Å². The first-order valence-corrected chi connectivity index (χ1v) is 7.98. The lowest BCUT2D eigenvalue weighted by Crippen LogP contribution is -2.15. The Kier molecular flexibility index (Phi) is 4.13. The molecule has 0 atom stereocenters. The van der Waals surface area contributed by atoms with E-state index in [-0.39, 0.29) is 16.3 Å². The topological polar surface area (TPSA) is 120 Å². The van der Waals surface area contributed by atoms with Crippen LogP contribution in [0, 0.1) is 11.3 Å². The number of rotatable bonds is 4. The van der Waals surface area contributed by atoms with Crippen LogP contribution in [0.25, 0.3) is 0 Å². The summed E-state index contributed by atoms with van der Waals surface area (Å²) < 4.78 is 26.1. The zero-order valence-corrected chi connectivity index (χ0v) is 12.5. The van der Waals surface area contributed by atoms with E-state index in [2.05, 4.69) is 9.71 Å². The molecule has 1 aromatic carbocycles. The van der Waals surface area contributed by atoms with Gasteiger partial charge in [0, 0.05) is 0 Å². The molecule has 21 heavy (non-hydrogen) atoms. The first kappa shape index (κ1) is 15.2. The van der Waals surface area contributed by atoms with E-state index in [0.717, 1.165) is 5.51 Å². The Morgan fingerprint density at radius 2 is 2.19 bits per heavy atom. The summed E-state index contributed by atoms with van der Waals surface area (Å²) in [6.07, 6.45) is 0. The van der Waals surface area contributed by atoms with Crippen molar-refractivity contribution in [1.82, 2.24) is 4.98 Å². The predicted molar refractivity (Wildman–Crippen MR) is 76.0 cm³/mol. The van der Waals surface area contributed by atoms with Crippen LogP contribution in [0.1, 0.15) is 16.1 Å². The zero-order chi connectivity index (χ0) is 15.6. The fraction of sp³-hybridized carbons (Fsp3) is 0. The number of benzene rings is 1. The van der Waals surface area contributed by atoms with Gasteiger partial charge in [0.05, 0.1) is 21.8 Å². The first-order valence-electron chi connectivity index (χ1n) is 5.24. The van der Waals surface area contributed by atoms with Gasteiger partial charge < -0.3 is 5.11 Å². The molecule has 2 rings (SSSR count). The summed E-state index contributed by atoms with van der Waals surface area (Å²) in [6, 6.07) is 5.79. The Labute approximate surface area is 128 Å². The number of aromatic nitrogens is 1. The van der Waals surface area contributed by atoms with Crippen molar-refractivity contribution >= 4 is 44.6 Å². The van der Waals surface area contributed by atoms with E-state index in [1.165, 1.54) is 18.2 Å². The summed E-state index contributed by atoms with van der Waals surface area (Å²) in [7, 11) is -4.11. The number of thiazole rings is 1. The molecule has 0 unspecified atom stereocenters. The molecule has 0 bridgehead atoms. The minimum Gasteiger partial charge on any atom is -0.476 e. The highest BCUT2D eigenvalue weighted by Crippen LogP contribution is 2.25. The Morgan fingerprint density at radius 3 is 2.81 bits per heavy atom. The Hall–Kier alpha value is -2.15. The van der Waals surface area contributed by atoms with E-state index in [1.54, 1.807) is 0 Å². The summed E-state index contributed by atoms with van der Waals surface area (Å²) in [6.45, 7) is 0. The highest BCUT2D eigenvalue weighted by Gasteiger charge is 2.25. The molecular weight excluding hydrogens is 338 g/mol. The van der Waals surface area contributed by atoms with Crippen molar-refractivity contribution in [3.8, 4) is 6.07 Å². The normalized spacial score (nSPS) is 10.9. The van der Waals surface area contributed by atoms with E-state index < -0.39 is 25.9 Å². The number of carbonyl (C=O) groups is 1. The van der Waals surface area contributed by atoms with Crippen molar-refractivity contribution in [1.29, 1.82) is 5.26 Å². The van der Waals surface area contributed by atoms with Gasteiger partial charge in [0.1, 0.15) is 6.07 Å². The monoisotopic (exact) mass is 343 g/mol. The molecular formula is C11H6ClN3O4S2. The lowest BCUT2D eigenvalue weighted by Gasteiger charge is -2.07. The van der Waals surface area contributed by atoms with Crippen LogP contribution in [-0.4, -0.2) is 24.5 Å². The average Bonchev–Trinajstić information content (AvgIpc) is 2.91. The summed E-state index contributed by atoms with van der Waals surface area (Å²) in [4.78, 5) is 14.4. The molecule has 10 heteroatoms. The van der Waals surface area contributed by atoms with E-state index in [9.17, 15) is 13.2 Å². The number of anilines is 1. The summed E-state index contributed by atoms with van der Waals surface area (Å²) in [5.41, 5.74) is 0.767. The fourth-order valence-corrected chi connectivity index (χ4v) is 3.80. The molecule has 2 N–H and O–H groups in total. The van der Waals surface area contributed by atoms with Gasteiger partial charge in [0.15, 0.2) is 9.90 Å². The minimum atomic E-state index is -4.11.